The largest absolute Gasteiger partial charge is 0.496 e. The molecule has 0 aliphatic rings. The van der Waals surface area contributed by atoms with E-state index in [1.165, 1.54) is 32.4 Å². The number of hydrogen-bond acceptors (Lipinski definition) is 4. The van der Waals surface area contributed by atoms with Gasteiger partial charge in [0.1, 0.15) is 5.75 Å². The second-order valence-corrected chi connectivity index (χ2v) is 8.29. The van der Waals surface area contributed by atoms with Gasteiger partial charge in [-0.1, -0.05) is 12.1 Å². The summed E-state index contributed by atoms with van der Waals surface area (Å²) in [6, 6.07) is 7.85. The van der Waals surface area contributed by atoms with Crippen molar-refractivity contribution >= 4 is 15.9 Å². The number of amides is 1. The molecule has 2 N–H and O–H groups in total. The van der Waals surface area contributed by atoms with Gasteiger partial charge >= 0.3 is 0 Å². The third kappa shape index (κ3) is 4.48. The molecule has 27 heavy (non-hydrogen) atoms. The van der Waals surface area contributed by atoms with Gasteiger partial charge in [-0.3, -0.25) is 4.79 Å². The first-order valence-corrected chi connectivity index (χ1v) is 10.1. The van der Waals surface area contributed by atoms with Gasteiger partial charge in [0.25, 0.3) is 5.91 Å². The standard InChI is InChI=1S/C20H26N2O4S/c1-12-9-14(3)17(10-13(12)2)15(4)22-27(24,25)16-7-8-19(26-6)18(11-16)20(23)21-5/h7-11,15,22H,1-6H3,(H,21,23)/t15-/m1/s1. The van der Waals surface area contributed by atoms with Crippen molar-refractivity contribution < 1.29 is 17.9 Å². The number of nitrogens with one attached hydrogen (secondary N) is 2. The van der Waals surface area contributed by atoms with Crippen molar-refractivity contribution in [1.29, 1.82) is 0 Å². The lowest BCUT2D eigenvalue weighted by Gasteiger charge is -2.19. The topological polar surface area (TPSA) is 84.5 Å². The van der Waals surface area contributed by atoms with Crippen LogP contribution in [-0.4, -0.2) is 28.5 Å². The predicted molar refractivity (Wildman–Crippen MR) is 106 cm³/mol. The summed E-state index contributed by atoms with van der Waals surface area (Å²) in [4.78, 5) is 12.0. The molecule has 146 valence electrons. The maximum Gasteiger partial charge on any atom is 0.254 e. The number of hydrogen-bond donors (Lipinski definition) is 2. The smallest absolute Gasteiger partial charge is 0.254 e. The molecule has 0 spiro atoms. The number of carbonyl (C=O) groups is 1. The van der Waals surface area contributed by atoms with Crippen LogP contribution in [0.4, 0.5) is 0 Å². The lowest BCUT2D eigenvalue weighted by molar-refractivity contribution is 0.0960. The number of methoxy groups -OCH3 is 1. The zero-order valence-corrected chi connectivity index (χ0v) is 17.3. The summed E-state index contributed by atoms with van der Waals surface area (Å²) in [7, 11) is -0.915. The van der Waals surface area contributed by atoms with Gasteiger partial charge in [0.05, 0.1) is 17.6 Å². The van der Waals surface area contributed by atoms with E-state index in [1.807, 2.05) is 32.9 Å². The van der Waals surface area contributed by atoms with E-state index < -0.39 is 22.0 Å². The number of sulfonamides is 1. The Morgan fingerprint density at radius 3 is 2.26 bits per heavy atom. The van der Waals surface area contributed by atoms with E-state index in [2.05, 4.69) is 10.0 Å². The van der Waals surface area contributed by atoms with Crippen LogP contribution in [0.1, 0.15) is 45.6 Å². The Morgan fingerprint density at radius 1 is 1.04 bits per heavy atom. The number of carbonyl (C=O) groups excluding carboxylic acids is 1. The lowest BCUT2D eigenvalue weighted by atomic mass is 9.97. The summed E-state index contributed by atoms with van der Waals surface area (Å²) >= 11 is 0. The Kier molecular flexibility index (Phi) is 6.28. The monoisotopic (exact) mass is 390 g/mol. The Labute approximate surface area is 161 Å². The molecular weight excluding hydrogens is 364 g/mol. The first-order valence-electron chi connectivity index (χ1n) is 8.61. The molecule has 2 aromatic carbocycles. The number of aryl methyl sites for hydroxylation is 3. The molecule has 0 unspecified atom stereocenters. The minimum absolute atomic E-state index is 0.00948. The highest BCUT2D eigenvalue weighted by molar-refractivity contribution is 7.89. The molecule has 0 aliphatic heterocycles. The molecule has 0 aliphatic carbocycles. The van der Waals surface area contributed by atoms with E-state index in [0.29, 0.717) is 5.75 Å². The molecule has 0 radical (unpaired) electrons. The molecule has 0 fully saturated rings. The van der Waals surface area contributed by atoms with Crippen LogP contribution < -0.4 is 14.8 Å². The van der Waals surface area contributed by atoms with E-state index in [0.717, 1.165) is 22.3 Å². The highest BCUT2D eigenvalue weighted by Gasteiger charge is 2.22. The Bertz CT molecular complexity index is 968. The average Bonchev–Trinajstić information content (AvgIpc) is 2.62. The summed E-state index contributed by atoms with van der Waals surface area (Å²) < 4.78 is 33.6. The SMILES string of the molecule is CNC(=O)c1cc(S(=O)(=O)N[C@H](C)c2cc(C)c(C)cc2C)ccc1OC. The highest BCUT2D eigenvalue weighted by Crippen LogP contribution is 2.26. The zero-order chi connectivity index (χ0) is 20.4. The van der Waals surface area contributed by atoms with E-state index in [-0.39, 0.29) is 10.5 Å². The van der Waals surface area contributed by atoms with Gasteiger partial charge in [-0.2, -0.15) is 0 Å². The highest BCUT2D eigenvalue weighted by atomic mass is 32.2. The quantitative estimate of drug-likeness (QED) is 0.794. The van der Waals surface area contributed by atoms with Gasteiger partial charge in [0.2, 0.25) is 10.0 Å². The average molecular weight is 391 g/mol. The zero-order valence-electron chi connectivity index (χ0n) is 16.5. The van der Waals surface area contributed by atoms with Crippen molar-refractivity contribution in [2.45, 2.75) is 38.6 Å². The van der Waals surface area contributed by atoms with E-state index in [1.54, 1.807) is 6.92 Å². The van der Waals surface area contributed by atoms with Crippen LogP contribution in [0.15, 0.2) is 35.2 Å². The summed E-state index contributed by atoms with van der Waals surface area (Å²) in [6.07, 6.45) is 0. The van der Waals surface area contributed by atoms with Crippen LogP contribution in [0, 0.1) is 20.8 Å². The fourth-order valence-electron chi connectivity index (χ4n) is 2.98. The molecule has 0 aromatic heterocycles. The second-order valence-electron chi connectivity index (χ2n) is 6.58. The molecule has 0 heterocycles. The molecule has 6 nitrogen and oxygen atoms in total. The number of ether oxygens (including phenoxy) is 1. The van der Waals surface area contributed by atoms with Crippen LogP contribution in [0.5, 0.6) is 5.75 Å². The fraction of sp³-hybridized carbons (Fsp3) is 0.350. The van der Waals surface area contributed by atoms with Gasteiger partial charge in [0, 0.05) is 13.1 Å². The van der Waals surface area contributed by atoms with Gasteiger partial charge < -0.3 is 10.1 Å². The normalized spacial score (nSPS) is 12.5. The molecule has 1 amide bonds. The van der Waals surface area contributed by atoms with Crippen molar-refractivity contribution in [3.05, 3.63) is 58.1 Å². The summed E-state index contributed by atoms with van der Waals surface area (Å²) in [5.41, 5.74) is 4.37. The van der Waals surface area contributed by atoms with Crippen molar-refractivity contribution in [3.63, 3.8) is 0 Å². The minimum Gasteiger partial charge on any atom is -0.496 e. The summed E-state index contributed by atoms with van der Waals surface area (Å²) in [5, 5.41) is 2.49. The van der Waals surface area contributed by atoms with Crippen LogP contribution in [0.2, 0.25) is 0 Å². The van der Waals surface area contributed by atoms with Crippen LogP contribution in [-0.2, 0) is 10.0 Å². The van der Waals surface area contributed by atoms with Gasteiger partial charge in [-0.25, -0.2) is 13.1 Å². The minimum atomic E-state index is -3.82. The molecular formula is C20H26N2O4S. The Hall–Kier alpha value is -2.38. The van der Waals surface area contributed by atoms with Gasteiger partial charge in [-0.05, 0) is 68.1 Å². The summed E-state index contributed by atoms with van der Waals surface area (Å²) in [5.74, 6) is -0.103. The number of rotatable bonds is 6. The summed E-state index contributed by atoms with van der Waals surface area (Å²) in [6.45, 7) is 7.79. The van der Waals surface area contributed by atoms with Gasteiger partial charge in [0.15, 0.2) is 0 Å². The number of benzene rings is 2. The third-order valence-corrected chi connectivity index (χ3v) is 6.17. The Balaban J connectivity index is 2.39. The maximum atomic E-state index is 12.9. The van der Waals surface area contributed by atoms with Crippen LogP contribution in [0.3, 0.4) is 0 Å². The molecule has 0 saturated heterocycles. The van der Waals surface area contributed by atoms with E-state index in [4.69, 9.17) is 4.74 Å². The van der Waals surface area contributed by atoms with Gasteiger partial charge in [-0.15, -0.1) is 0 Å². The van der Waals surface area contributed by atoms with Crippen LogP contribution in [0.25, 0.3) is 0 Å². The first-order chi connectivity index (χ1) is 12.6. The molecule has 2 aromatic rings. The Morgan fingerprint density at radius 2 is 1.67 bits per heavy atom. The van der Waals surface area contributed by atoms with Crippen molar-refractivity contribution in [2.75, 3.05) is 14.2 Å². The molecule has 0 bridgehead atoms. The molecule has 7 heteroatoms. The second kappa shape index (κ2) is 8.10. The first kappa shape index (κ1) is 20.9. The molecule has 2 rings (SSSR count). The maximum absolute atomic E-state index is 12.9. The van der Waals surface area contributed by atoms with E-state index in [9.17, 15) is 13.2 Å². The lowest BCUT2D eigenvalue weighted by Crippen LogP contribution is -2.28. The van der Waals surface area contributed by atoms with Crippen molar-refractivity contribution in [2.24, 2.45) is 0 Å². The fourth-order valence-corrected chi connectivity index (χ4v) is 4.23. The van der Waals surface area contributed by atoms with Crippen molar-refractivity contribution in [3.8, 4) is 5.75 Å². The van der Waals surface area contributed by atoms with E-state index >= 15 is 0 Å². The molecule has 1 atom stereocenters. The molecule has 0 saturated carbocycles. The van der Waals surface area contributed by atoms with Crippen LogP contribution >= 0.6 is 0 Å². The predicted octanol–water partition coefficient (Wildman–Crippen LogP) is 3.02. The van der Waals surface area contributed by atoms with Crippen molar-refractivity contribution in [1.82, 2.24) is 10.0 Å². The third-order valence-electron chi connectivity index (χ3n) is 4.63.